The van der Waals surface area contributed by atoms with E-state index >= 15 is 0 Å². The van der Waals surface area contributed by atoms with Gasteiger partial charge in [-0.25, -0.2) is 0 Å². The number of fused-ring (bicyclic) bond motifs is 5. The van der Waals surface area contributed by atoms with Crippen LogP contribution in [0.3, 0.4) is 0 Å². The Balaban J connectivity index is 1.58. The molecule has 0 amide bonds. The van der Waals surface area contributed by atoms with Gasteiger partial charge in [0, 0.05) is 24.2 Å². The summed E-state index contributed by atoms with van der Waals surface area (Å²) in [6.07, 6.45) is 0.980. The van der Waals surface area contributed by atoms with Gasteiger partial charge in [0.15, 0.2) is 0 Å². The second-order valence-corrected chi connectivity index (χ2v) is 14.6. The van der Waals surface area contributed by atoms with Gasteiger partial charge in [-0.15, -0.1) is 0 Å². The van der Waals surface area contributed by atoms with E-state index in [-0.39, 0.29) is 47.8 Å². The van der Waals surface area contributed by atoms with Crippen molar-refractivity contribution in [2.45, 2.75) is 141 Å². The van der Waals surface area contributed by atoms with Gasteiger partial charge in [0.05, 0.1) is 41.7 Å². The first-order valence-corrected chi connectivity index (χ1v) is 14.9. The van der Waals surface area contributed by atoms with Gasteiger partial charge in [0.25, 0.3) is 0 Å². The minimum absolute atomic E-state index is 0.00919. The van der Waals surface area contributed by atoms with Crippen molar-refractivity contribution in [2.24, 2.45) is 46.3 Å². The van der Waals surface area contributed by atoms with E-state index in [0.717, 1.165) is 25.7 Å². The van der Waals surface area contributed by atoms with Crippen LogP contribution < -0.4 is 0 Å². The molecule has 4 fully saturated rings. The molecule has 7 heteroatoms. The van der Waals surface area contributed by atoms with Crippen LogP contribution in [0.25, 0.3) is 0 Å². The van der Waals surface area contributed by atoms with Gasteiger partial charge in [-0.05, 0) is 80.5 Å². The van der Waals surface area contributed by atoms with Gasteiger partial charge in [0.1, 0.15) is 0 Å². The Morgan fingerprint density at radius 3 is 2.11 bits per heavy atom. The van der Waals surface area contributed by atoms with E-state index in [9.17, 15) is 35.7 Å². The highest BCUT2D eigenvalue weighted by atomic mass is 16.4. The highest BCUT2D eigenvalue weighted by molar-refractivity contribution is 5.23. The fraction of sp³-hybridized carbons (Fsp3) is 1.00. The average molecular weight is 527 g/mol. The summed E-state index contributed by atoms with van der Waals surface area (Å²) in [6.45, 7) is 12.2. The summed E-state index contributed by atoms with van der Waals surface area (Å²) in [4.78, 5) is 0. The van der Waals surface area contributed by atoms with E-state index in [1.807, 2.05) is 6.92 Å². The molecule has 0 aromatic heterocycles. The zero-order valence-corrected chi connectivity index (χ0v) is 23.8. The highest BCUT2D eigenvalue weighted by Gasteiger charge is 2.74. The molecule has 37 heavy (non-hydrogen) atoms. The number of aliphatic hydroxyl groups excluding tert-OH is 5. The van der Waals surface area contributed by atoms with E-state index in [0.29, 0.717) is 19.3 Å². The van der Waals surface area contributed by atoms with Crippen molar-refractivity contribution in [1.29, 1.82) is 0 Å². The Bertz CT molecular complexity index is 820. The second kappa shape index (κ2) is 9.97. The molecule has 0 heterocycles. The molecular formula is C30H54O7. The van der Waals surface area contributed by atoms with Crippen LogP contribution in [0.15, 0.2) is 0 Å². The van der Waals surface area contributed by atoms with E-state index in [4.69, 9.17) is 0 Å². The van der Waals surface area contributed by atoms with Gasteiger partial charge in [-0.2, -0.15) is 0 Å². The summed E-state index contributed by atoms with van der Waals surface area (Å²) >= 11 is 0. The van der Waals surface area contributed by atoms with Crippen molar-refractivity contribution < 1.29 is 35.7 Å². The molecule has 216 valence electrons. The van der Waals surface area contributed by atoms with E-state index < -0.39 is 53.1 Å². The van der Waals surface area contributed by atoms with E-state index in [1.165, 1.54) is 0 Å². The van der Waals surface area contributed by atoms with E-state index in [1.54, 1.807) is 6.92 Å². The summed E-state index contributed by atoms with van der Waals surface area (Å²) in [5.41, 5.74) is -3.76. The maximum atomic E-state index is 12.4. The lowest BCUT2D eigenvalue weighted by atomic mass is 9.40. The van der Waals surface area contributed by atoms with Crippen LogP contribution in [0.5, 0.6) is 0 Å². The van der Waals surface area contributed by atoms with Crippen LogP contribution in [0.1, 0.15) is 99.3 Å². The monoisotopic (exact) mass is 526 g/mol. The summed E-state index contributed by atoms with van der Waals surface area (Å²) in [5, 5.41) is 77.7. The summed E-state index contributed by atoms with van der Waals surface area (Å²) in [6, 6.07) is 0. The Kier molecular flexibility index (Phi) is 8.00. The molecule has 7 nitrogen and oxygen atoms in total. The Labute approximate surface area is 223 Å². The normalized spacial score (nSPS) is 51.1. The van der Waals surface area contributed by atoms with Crippen molar-refractivity contribution in [1.82, 2.24) is 0 Å². The molecular weight excluding hydrogens is 472 g/mol. The molecule has 0 spiro atoms. The minimum atomic E-state index is -1.44. The number of aliphatic hydroxyl groups is 7. The maximum Gasteiger partial charge on any atom is 0.0987 e. The Morgan fingerprint density at radius 2 is 1.51 bits per heavy atom. The first-order chi connectivity index (χ1) is 17.0. The van der Waals surface area contributed by atoms with Crippen LogP contribution in [0.4, 0.5) is 0 Å². The standard InChI is InChI=1S/C30H54O7/c1-16(2)20(25(35)18(4)31)8-7-17(3)21-13-22(33)26-27(21,5)11-10-23-28(6)12-9-19(32)14-30(28,37)24(34)15-29(23,26)36/h16-26,31-37H,7-15H2,1-6H3. The molecule has 4 aliphatic carbocycles. The van der Waals surface area contributed by atoms with E-state index in [2.05, 4.69) is 27.7 Å². The zero-order chi connectivity index (χ0) is 27.7. The quantitative estimate of drug-likeness (QED) is 0.270. The third-order valence-electron chi connectivity index (χ3n) is 12.4. The van der Waals surface area contributed by atoms with Gasteiger partial charge < -0.3 is 35.7 Å². The molecule has 14 unspecified atom stereocenters. The molecule has 0 aromatic rings. The van der Waals surface area contributed by atoms with Crippen molar-refractivity contribution in [3.63, 3.8) is 0 Å². The molecule has 4 saturated carbocycles. The molecule has 0 saturated heterocycles. The van der Waals surface area contributed by atoms with Crippen LogP contribution in [0, 0.1) is 46.3 Å². The fourth-order valence-electron chi connectivity index (χ4n) is 10.3. The molecule has 0 aliphatic heterocycles. The molecule has 7 N–H and O–H groups in total. The number of rotatable bonds is 7. The lowest BCUT2D eigenvalue weighted by Crippen LogP contribution is -2.75. The molecule has 4 aliphatic rings. The lowest BCUT2D eigenvalue weighted by molar-refractivity contribution is -0.315. The minimum Gasteiger partial charge on any atom is -0.393 e. The largest absolute Gasteiger partial charge is 0.393 e. The predicted molar refractivity (Wildman–Crippen MR) is 141 cm³/mol. The SMILES string of the molecule is CC(C)C(CCC(C)C1CC(O)C2C1(C)CCC1C2(O)CC(O)C2(O)CC(O)CCC12C)C(O)C(C)O. The number of hydrogen-bond acceptors (Lipinski definition) is 7. The van der Waals surface area contributed by atoms with Crippen molar-refractivity contribution >= 4 is 0 Å². The van der Waals surface area contributed by atoms with Crippen molar-refractivity contribution in [3.8, 4) is 0 Å². The van der Waals surface area contributed by atoms with Crippen LogP contribution in [0.2, 0.25) is 0 Å². The molecule has 4 rings (SSSR count). The van der Waals surface area contributed by atoms with Gasteiger partial charge in [-0.3, -0.25) is 0 Å². The summed E-state index contributed by atoms with van der Waals surface area (Å²) in [7, 11) is 0. The Hall–Kier alpha value is -0.280. The lowest BCUT2D eigenvalue weighted by Gasteiger charge is -2.68. The first kappa shape index (κ1) is 29.7. The summed E-state index contributed by atoms with van der Waals surface area (Å²) in [5.74, 6) is 0.0333. The first-order valence-electron chi connectivity index (χ1n) is 14.9. The van der Waals surface area contributed by atoms with Crippen molar-refractivity contribution in [2.75, 3.05) is 0 Å². The maximum absolute atomic E-state index is 12.4. The topological polar surface area (TPSA) is 142 Å². The van der Waals surface area contributed by atoms with Gasteiger partial charge in [-0.1, -0.05) is 41.0 Å². The van der Waals surface area contributed by atoms with Gasteiger partial charge in [0.2, 0.25) is 0 Å². The molecule has 0 radical (unpaired) electrons. The molecule has 0 aromatic carbocycles. The Morgan fingerprint density at radius 1 is 0.865 bits per heavy atom. The highest BCUT2D eigenvalue weighted by Crippen LogP contribution is 2.70. The zero-order valence-electron chi connectivity index (χ0n) is 23.8. The smallest absolute Gasteiger partial charge is 0.0987 e. The molecule has 0 bridgehead atoms. The van der Waals surface area contributed by atoms with Crippen molar-refractivity contribution in [3.05, 3.63) is 0 Å². The van der Waals surface area contributed by atoms with Gasteiger partial charge >= 0.3 is 0 Å². The second-order valence-electron chi connectivity index (χ2n) is 14.6. The fourth-order valence-corrected chi connectivity index (χ4v) is 10.3. The molecule has 14 atom stereocenters. The van der Waals surface area contributed by atoms with Crippen LogP contribution in [-0.2, 0) is 0 Å². The average Bonchev–Trinajstić information content (AvgIpc) is 3.07. The van der Waals surface area contributed by atoms with Crippen LogP contribution in [-0.4, -0.2) is 77.5 Å². The third-order valence-corrected chi connectivity index (χ3v) is 12.4. The third kappa shape index (κ3) is 4.43. The summed E-state index contributed by atoms with van der Waals surface area (Å²) < 4.78 is 0. The number of hydrogen-bond donors (Lipinski definition) is 7. The van der Waals surface area contributed by atoms with Crippen LogP contribution >= 0.6 is 0 Å². The predicted octanol–water partition coefficient (Wildman–Crippen LogP) is 2.61.